The van der Waals surface area contributed by atoms with Crippen LogP contribution in [0.1, 0.15) is 18.4 Å². The number of nitrogens with two attached hydrogens (primary N) is 2. The Morgan fingerprint density at radius 2 is 1.89 bits per heavy atom. The number of rotatable bonds is 3. The van der Waals surface area contributed by atoms with Gasteiger partial charge >= 0.3 is 0 Å². The predicted molar refractivity (Wildman–Crippen MR) is 70.2 cm³/mol. The normalized spacial score (nSPS) is 19.4. The molecule has 1 saturated heterocycles. The van der Waals surface area contributed by atoms with Gasteiger partial charge in [-0.3, -0.25) is 15.1 Å². The fourth-order valence-corrected chi connectivity index (χ4v) is 2.32. The van der Waals surface area contributed by atoms with E-state index in [0.717, 1.165) is 19.6 Å². The third-order valence-corrected chi connectivity index (χ3v) is 3.58. The van der Waals surface area contributed by atoms with E-state index in [4.69, 9.17) is 11.6 Å². The second-order valence-corrected chi connectivity index (χ2v) is 4.89. The Kier molecular flexibility index (Phi) is 3.96. The number of carbonyl (C=O) groups excluding carboxylic acids is 1. The van der Waals surface area contributed by atoms with Gasteiger partial charge in [0.1, 0.15) is 0 Å². The summed E-state index contributed by atoms with van der Waals surface area (Å²) >= 11 is 0. The van der Waals surface area contributed by atoms with Crippen molar-refractivity contribution >= 4 is 5.91 Å². The number of hydrogen-bond acceptors (Lipinski definition) is 4. The first-order chi connectivity index (χ1) is 8.64. The maximum atomic E-state index is 11.6. The van der Waals surface area contributed by atoms with E-state index < -0.39 is 5.54 Å². The molecule has 98 valence electrons. The van der Waals surface area contributed by atoms with Crippen LogP contribution in [-0.4, -0.2) is 29.4 Å². The average molecular weight is 248 g/mol. The van der Waals surface area contributed by atoms with Crippen LogP contribution in [0.5, 0.6) is 0 Å². The molecule has 2 rings (SSSR count). The van der Waals surface area contributed by atoms with Crippen molar-refractivity contribution in [3.8, 4) is 0 Å². The van der Waals surface area contributed by atoms with Crippen molar-refractivity contribution in [2.45, 2.75) is 24.9 Å². The molecule has 1 aromatic carbocycles. The smallest absolute Gasteiger partial charge is 0.254 e. The summed E-state index contributed by atoms with van der Waals surface area (Å²) in [5.74, 6) is 4.89. The number of benzene rings is 1. The number of piperidine rings is 1. The van der Waals surface area contributed by atoms with Gasteiger partial charge in [0.05, 0.1) is 5.54 Å². The Morgan fingerprint density at radius 1 is 1.28 bits per heavy atom. The fourth-order valence-electron chi connectivity index (χ4n) is 2.32. The van der Waals surface area contributed by atoms with Crippen molar-refractivity contribution < 1.29 is 4.79 Å². The maximum absolute atomic E-state index is 11.6. The first-order valence-corrected chi connectivity index (χ1v) is 6.20. The van der Waals surface area contributed by atoms with E-state index in [2.05, 4.69) is 22.5 Å². The minimum atomic E-state index is -0.804. The molecular formula is C13H20N4O. The number of hydrogen-bond donors (Lipinski definition) is 3. The average Bonchev–Trinajstić information content (AvgIpc) is 2.42. The highest BCUT2D eigenvalue weighted by atomic mass is 16.2. The largest absolute Gasteiger partial charge is 0.317 e. The molecule has 1 aliphatic heterocycles. The molecule has 1 aromatic rings. The first-order valence-electron chi connectivity index (χ1n) is 6.20. The molecule has 1 aliphatic rings. The summed E-state index contributed by atoms with van der Waals surface area (Å²) in [7, 11) is 0. The predicted octanol–water partition coefficient (Wildman–Crippen LogP) is -0.0302. The lowest BCUT2D eigenvalue weighted by atomic mass is 9.87. The zero-order valence-corrected chi connectivity index (χ0v) is 10.4. The first kappa shape index (κ1) is 13.0. The molecule has 18 heavy (non-hydrogen) atoms. The van der Waals surface area contributed by atoms with Gasteiger partial charge in [-0.25, -0.2) is 5.84 Å². The molecule has 0 aromatic heterocycles. The monoisotopic (exact) mass is 248 g/mol. The quantitative estimate of drug-likeness (QED) is 0.398. The summed E-state index contributed by atoms with van der Waals surface area (Å²) in [6.07, 6.45) is 1.28. The zero-order valence-electron chi connectivity index (χ0n) is 10.4. The van der Waals surface area contributed by atoms with Gasteiger partial charge in [-0.2, -0.15) is 0 Å². The molecule has 0 atom stereocenters. The Morgan fingerprint density at radius 3 is 2.44 bits per heavy atom. The Hall–Kier alpha value is -1.43. The molecule has 0 radical (unpaired) electrons. The maximum Gasteiger partial charge on any atom is 0.254 e. The van der Waals surface area contributed by atoms with Crippen LogP contribution in [0.2, 0.25) is 0 Å². The van der Waals surface area contributed by atoms with Gasteiger partial charge in [0.15, 0.2) is 0 Å². The van der Waals surface area contributed by atoms with E-state index in [9.17, 15) is 4.79 Å². The number of hydrazine groups is 1. The molecule has 1 amide bonds. The number of nitrogens with one attached hydrogen (secondary N) is 1. The van der Waals surface area contributed by atoms with Crippen molar-refractivity contribution in [3.05, 3.63) is 35.9 Å². The lowest BCUT2D eigenvalue weighted by molar-refractivity contribution is -0.128. The van der Waals surface area contributed by atoms with Crippen molar-refractivity contribution in [1.29, 1.82) is 0 Å². The van der Waals surface area contributed by atoms with Crippen LogP contribution in [0.15, 0.2) is 30.3 Å². The topological polar surface area (TPSA) is 84.4 Å². The third-order valence-electron chi connectivity index (χ3n) is 3.58. The van der Waals surface area contributed by atoms with Gasteiger partial charge in [-0.15, -0.1) is 0 Å². The second-order valence-electron chi connectivity index (χ2n) is 4.89. The fraction of sp³-hybridized carbons (Fsp3) is 0.462. The number of nitrogens with zero attached hydrogens (tertiary/aromatic N) is 1. The molecule has 1 fully saturated rings. The van der Waals surface area contributed by atoms with Crippen LogP contribution in [0.25, 0.3) is 0 Å². The number of amides is 1. The third kappa shape index (κ3) is 2.87. The van der Waals surface area contributed by atoms with Gasteiger partial charge in [0, 0.05) is 19.6 Å². The SMILES string of the molecule is NNC(=O)C1(N)CCN(Cc2ccccc2)CC1. The molecule has 0 bridgehead atoms. The van der Waals surface area contributed by atoms with E-state index in [1.807, 2.05) is 18.2 Å². The summed E-state index contributed by atoms with van der Waals surface area (Å²) in [6.45, 7) is 2.54. The molecule has 5 N–H and O–H groups in total. The van der Waals surface area contributed by atoms with E-state index >= 15 is 0 Å². The molecule has 0 aliphatic carbocycles. The summed E-state index contributed by atoms with van der Waals surface area (Å²) in [6, 6.07) is 10.3. The van der Waals surface area contributed by atoms with Crippen molar-refractivity contribution in [3.63, 3.8) is 0 Å². The standard InChI is InChI=1S/C13H20N4O/c14-13(12(18)16-15)6-8-17(9-7-13)10-11-4-2-1-3-5-11/h1-5H,6-10,14-15H2,(H,16,18). The van der Waals surface area contributed by atoms with Gasteiger partial charge in [0.2, 0.25) is 0 Å². The number of carbonyl (C=O) groups is 1. The van der Waals surface area contributed by atoms with Crippen LogP contribution in [0.3, 0.4) is 0 Å². The van der Waals surface area contributed by atoms with Crippen LogP contribution in [0.4, 0.5) is 0 Å². The van der Waals surface area contributed by atoms with Gasteiger partial charge in [0.25, 0.3) is 5.91 Å². The van der Waals surface area contributed by atoms with Crippen molar-refractivity contribution in [1.82, 2.24) is 10.3 Å². The highest BCUT2D eigenvalue weighted by Gasteiger charge is 2.37. The summed E-state index contributed by atoms with van der Waals surface area (Å²) in [5.41, 5.74) is 8.69. The van der Waals surface area contributed by atoms with Crippen LogP contribution < -0.4 is 17.0 Å². The second kappa shape index (κ2) is 5.48. The number of likely N-dealkylation sites (tertiary alicyclic amines) is 1. The van der Waals surface area contributed by atoms with Crippen molar-refractivity contribution in [2.24, 2.45) is 11.6 Å². The van der Waals surface area contributed by atoms with Gasteiger partial charge in [-0.05, 0) is 18.4 Å². The minimum absolute atomic E-state index is 0.262. The van der Waals surface area contributed by atoms with E-state index in [-0.39, 0.29) is 5.91 Å². The minimum Gasteiger partial charge on any atom is -0.317 e. The van der Waals surface area contributed by atoms with Gasteiger partial charge < -0.3 is 5.73 Å². The Bertz CT molecular complexity index is 399. The highest BCUT2D eigenvalue weighted by molar-refractivity contribution is 5.85. The lowest BCUT2D eigenvalue weighted by Gasteiger charge is -2.37. The van der Waals surface area contributed by atoms with Crippen molar-refractivity contribution in [2.75, 3.05) is 13.1 Å². The van der Waals surface area contributed by atoms with Gasteiger partial charge in [-0.1, -0.05) is 30.3 Å². The van der Waals surface area contributed by atoms with Crippen LogP contribution in [-0.2, 0) is 11.3 Å². The van der Waals surface area contributed by atoms with E-state index in [1.165, 1.54) is 5.56 Å². The molecule has 0 spiro atoms. The van der Waals surface area contributed by atoms with E-state index in [1.54, 1.807) is 0 Å². The lowest BCUT2D eigenvalue weighted by Crippen LogP contribution is -2.60. The zero-order chi connectivity index (χ0) is 13.0. The molecule has 5 nitrogen and oxygen atoms in total. The van der Waals surface area contributed by atoms with Crippen LogP contribution >= 0.6 is 0 Å². The molecule has 1 heterocycles. The van der Waals surface area contributed by atoms with E-state index in [0.29, 0.717) is 12.8 Å². The summed E-state index contributed by atoms with van der Waals surface area (Å²) in [4.78, 5) is 13.9. The highest BCUT2D eigenvalue weighted by Crippen LogP contribution is 2.21. The Balaban J connectivity index is 1.89. The molecule has 5 heteroatoms. The molecule has 0 saturated carbocycles. The summed E-state index contributed by atoms with van der Waals surface area (Å²) in [5, 5.41) is 0. The Labute approximate surface area is 107 Å². The summed E-state index contributed by atoms with van der Waals surface area (Å²) < 4.78 is 0. The van der Waals surface area contributed by atoms with Crippen LogP contribution in [0, 0.1) is 0 Å². The molecule has 0 unspecified atom stereocenters. The molecular weight excluding hydrogens is 228 g/mol.